The second-order valence-corrected chi connectivity index (χ2v) is 5.45. The molecule has 0 atom stereocenters. The van der Waals surface area contributed by atoms with Crippen LogP contribution in [0.15, 0.2) is 18.2 Å². The van der Waals surface area contributed by atoms with Gasteiger partial charge in [-0.2, -0.15) is 0 Å². The first-order chi connectivity index (χ1) is 10.5. The number of benzene rings is 1. The minimum atomic E-state index is -0.632. The lowest BCUT2D eigenvalue weighted by molar-refractivity contribution is -0.136. The largest absolute Gasteiger partial charge is 0.382 e. The van der Waals surface area contributed by atoms with Gasteiger partial charge in [0.2, 0.25) is 0 Å². The monoisotopic (exact) mass is 306 g/mol. The maximum atomic E-state index is 12.0. The third-order valence-corrected chi connectivity index (χ3v) is 3.33. The van der Waals surface area contributed by atoms with E-state index in [-0.39, 0.29) is 5.92 Å². The Morgan fingerprint density at radius 1 is 1.23 bits per heavy atom. The molecule has 2 N–H and O–H groups in total. The summed E-state index contributed by atoms with van der Waals surface area (Å²) in [7, 11) is 0. The number of ether oxygens (including phenoxy) is 1. The fourth-order valence-corrected chi connectivity index (χ4v) is 2.11. The Hall–Kier alpha value is -1.88. The molecule has 0 aliphatic carbocycles. The Morgan fingerprint density at radius 2 is 1.95 bits per heavy atom. The highest BCUT2D eigenvalue weighted by Crippen LogP contribution is 2.27. The number of nitrogens with one attached hydrogen (secondary N) is 2. The number of hydrogen-bond acceptors (Lipinski definition) is 3. The average molecular weight is 306 g/mol. The molecule has 5 heteroatoms. The van der Waals surface area contributed by atoms with Gasteiger partial charge < -0.3 is 15.4 Å². The van der Waals surface area contributed by atoms with Crippen molar-refractivity contribution in [1.29, 1.82) is 0 Å². The standard InChI is InChI=1S/C17H26N2O3/c1-5-22-11-7-10-18-16(20)17(21)19-15-13(4)8-6-9-14(15)12(2)3/h6,8-9,12H,5,7,10-11H2,1-4H3,(H,18,20)(H,19,21). The van der Waals surface area contributed by atoms with Gasteiger partial charge in [-0.25, -0.2) is 0 Å². The molecule has 1 aromatic rings. The number of carbonyl (C=O) groups excluding carboxylic acids is 2. The third kappa shape index (κ3) is 5.48. The van der Waals surface area contributed by atoms with E-state index in [9.17, 15) is 9.59 Å². The van der Waals surface area contributed by atoms with Crippen molar-refractivity contribution < 1.29 is 14.3 Å². The van der Waals surface area contributed by atoms with Gasteiger partial charge >= 0.3 is 11.8 Å². The molecule has 0 aliphatic heterocycles. The molecule has 0 heterocycles. The van der Waals surface area contributed by atoms with Crippen molar-refractivity contribution in [3.63, 3.8) is 0 Å². The van der Waals surface area contributed by atoms with Crippen LogP contribution in [0.25, 0.3) is 0 Å². The minimum Gasteiger partial charge on any atom is -0.382 e. The zero-order chi connectivity index (χ0) is 16.5. The SMILES string of the molecule is CCOCCCNC(=O)C(=O)Nc1c(C)cccc1C(C)C. The van der Waals surface area contributed by atoms with Crippen LogP contribution in [0.3, 0.4) is 0 Å². The summed E-state index contributed by atoms with van der Waals surface area (Å²) in [6.45, 7) is 9.60. The smallest absolute Gasteiger partial charge is 0.313 e. The van der Waals surface area contributed by atoms with Crippen LogP contribution >= 0.6 is 0 Å². The van der Waals surface area contributed by atoms with Gasteiger partial charge in [-0.3, -0.25) is 9.59 Å². The van der Waals surface area contributed by atoms with Gasteiger partial charge in [0.05, 0.1) is 0 Å². The second-order valence-electron chi connectivity index (χ2n) is 5.45. The quantitative estimate of drug-likeness (QED) is 0.601. The van der Waals surface area contributed by atoms with Crippen molar-refractivity contribution in [2.45, 2.75) is 40.0 Å². The summed E-state index contributed by atoms with van der Waals surface area (Å²) in [6, 6.07) is 5.84. The third-order valence-electron chi connectivity index (χ3n) is 3.33. The van der Waals surface area contributed by atoms with Crippen LogP contribution in [0, 0.1) is 6.92 Å². The molecule has 1 aromatic carbocycles. The van der Waals surface area contributed by atoms with Crippen LogP contribution in [0.5, 0.6) is 0 Å². The molecule has 2 amide bonds. The molecule has 1 rings (SSSR count). The highest BCUT2D eigenvalue weighted by atomic mass is 16.5. The van der Waals surface area contributed by atoms with Crippen LogP contribution in [-0.2, 0) is 14.3 Å². The molecule has 0 saturated carbocycles. The molecule has 0 bridgehead atoms. The van der Waals surface area contributed by atoms with Gasteiger partial charge in [0.1, 0.15) is 0 Å². The molecule has 5 nitrogen and oxygen atoms in total. The highest BCUT2D eigenvalue weighted by molar-refractivity contribution is 6.39. The van der Waals surface area contributed by atoms with Crippen molar-refractivity contribution >= 4 is 17.5 Å². The van der Waals surface area contributed by atoms with E-state index < -0.39 is 11.8 Å². The number of para-hydroxylation sites is 1. The maximum absolute atomic E-state index is 12.0. The zero-order valence-corrected chi connectivity index (χ0v) is 13.9. The molecule has 0 radical (unpaired) electrons. The number of carbonyl (C=O) groups is 2. The highest BCUT2D eigenvalue weighted by Gasteiger charge is 2.17. The van der Waals surface area contributed by atoms with Crippen molar-refractivity contribution in [1.82, 2.24) is 5.32 Å². The van der Waals surface area contributed by atoms with Gasteiger partial charge in [0, 0.05) is 25.4 Å². The molecule has 0 aromatic heterocycles. The van der Waals surface area contributed by atoms with Gasteiger partial charge in [-0.15, -0.1) is 0 Å². The van der Waals surface area contributed by atoms with Crippen LogP contribution < -0.4 is 10.6 Å². The van der Waals surface area contributed by atoms with Crippen LogP contribution in [0.2, 0.25) is 0 Å². The Labute approximate surface area is 132 Å². The van der Waals surface area contributed by atoms with Gasteiger partial charge in [0.25, 0.3) is 0 Å². The number of anilines is 1. The zero-order valence-electron chi connectivity index (χ0n) is 13.9. The van der Waals surface area contributed by atoms with Crippen LogP contribution in [-0.4, -0.2) is 31.6 Å². The van der Waals surface area contributed by atoms with Gasteiger partial charge in [-0.1, -0.05) is 32.0 Å². The predicted molar refractivity (Wildman–Crippen MR) is 88.0 cm³/mol. The summed E-state index contributed by atoms with van der Waals surface area (Å²) in [5.74, 6) is -0.980. The molecule has 0 aliphatic rings. The molecule has 0 unspecified atom stereocenters. The van der Waals surface area contributed by atoms with E-state index in [1.807, 2.05) is 32.0 Å². The summed E-state index contributed by atoms with van der Waals surface area (Å²) in [5.41, 5.74) is 2.70. The molecule has 0 spiro atoms. The fourth-order valence-electron chi connectivity index (χ4n) is 2.11. The average Bonchev–Trinajstić information content (AvgIpc) is 2.48. The molecular formula is C17H26N2O3. The Morgan fingerprint density at radius 3 is 2.59 bits per heavy atom. The Kier molecular flexibility index (Phi) is 7.60. The molecular weight excluding hydrogens is 280 g/mol. The lowest BCUT2D eigenvalue weighted by atomic mass is 9.98. The van der Waals surface area contributed by atoms with Crippen molar-refractivity contribution in [2.75, 3.05) is 25.1 Å². The molecule has 22 heavy (non-hydrogen) atoms. The lowest BCUT2D eigenvalue weighted by Gasteiger charge is -2.16. The van der Waals surface area contributed by atoms with E-state index >= 15 is 0 Å². The van der Waals surface area contributed by atoms with E-state index in [4.69, 9.17) is 4.74 Å². The number of hydrogen-bond donors (Lipinski definition) is 2. The lowest BCUT2D eigenvalue weighted by Crippen LogP contribution is -2.36. The minimum absolute atomic E-state index is 0.268. The van der Waals surface area contributed by atoms with Gasteiger partial charge in [0.15, 0.2) is 0 Å². The Bertz CT molecular complexity index is 513. The number of amides is 2. The fraction of sp³-hybridized carbons (Fsp3) is 0.529. The van der Waals surface area contributed by atoms with E-state index in [1.54, 1.807) is 0 Å². The number of rotatable bonds is 7. The summed E-state index contributed by atoms with van der Waals surface area (Å²) in [4.78, 5) is 23.8. The summed E-state index contributed by atoms with van der Waals surface area (Å²) in [6.07, 6.45) is 0.689. The molecule has 122 valence electrons. The predicted octanol–water partition coefficient (Wildman–Crippen LogP) is 2.60. The van der Waals surface area contributed by atoms with Crippen LogP contribution in [0.1, 0.15) is 44.2 Å². The normalized spacial score (nSPS) is 10.6. The first-order valence-corrected chi connectivity index (χ1v) is 7.73. The molecule has 0 fully saturated rings. The van der Waals surface area contributed by atoms with E-state index in [0.29, 0.717) is 26.2 Å². The van der Waals surface area contributed by atoms with Crippen molar-refractivity contribution in [2.24, 2.45) is 0 Å². The molecule has 0 saturated heterocycles. The summed E-state index contributed by atoms with van der Waals surface area (Å²) >= 11 is 0. The van der Waals surface area contributed by atoms with E-state index in [0.717, 1.165) is 16.8 Å². The second kappa shape index (κ2) is 9.20. The van der Waals surface area contributed by atoms with E-state index in [1.165, 1.54) is 0 Å². The maximum Gasteiger partial charge on any atom is 0.313 e. The van der Waals surface area contributed by atoms with Crippen LogP contribution in [0.4, 0.5) is 5.69 Å². The van der Waals surface area contributed by atoms with Crippen molar-refractivity contribution in [3.8, 4) is 0 Å². The first kappa shape index (κ1) is 18.2. The first-order valence-electron chi connectivity index (χ1n) is 7.73. The summed E-state index contributed by atoms with van der Waals surface area (Å²) in [5, 5.41) is 5.33. The topological polar surface area (TPSA) is 67.4 Å². The van der Waals surface area contributed by atoms with Gasteiger partial charge in [-0.05, 0) is 37.3 Å². The number of aryl methyl sites for hydroxylation is 1. The summed E-state index contributed by atoms with van der Waals surface area (Å²) < 4.78 is 5.18. The van der Waals surface area contributed by atoms with E-state index in [2.05, 4.69) is 24.5 Å². The van der Waals surface area contributed by atoms with Crippen molar-refractivity contribution in [3.05, 3.63) is 29.3 Å². The Balaban J connectivity index is 2.59.